The predicted molar refractivity (Wildman–Crippen MR) is 79.5 cm³/mol. The number of benzene rings is 1. The highest BCUT2D eigenvalue weighted by atomic mass is 35.5. The maximum atomic E-state index is 9.74. The molecule has 4 heteroatoms. The van der Waals surface area contributed by atoms with Gasteiger partial charge in [-0.3, -0.25) is 0 Å². The standard InChI is InChI=1S/C15H24ClNO2/c1-3-15(4-2,7-8-18)11-17-10-12-9-13(16)5-6-14(12)19/h5-6,9,17-19H,3-4,7-8,10-11H2,1-2H3. The number of nitrogens with one attached hydrogen (secondary N) is 1. The first kappa shape index (κ1) is 16.3. The second-order valence-corrected chi connectivity index (χ2v) is 5.49. The number of rotatable bonds is 8. The molecule has 0 aromatic heterocycles. The molecule has 0 aliphatic carbocycles. The van der Waals surface area contributed by atoms with E-state index in [-0.39, 0.29) is 17.8 Å². The third kappa shape index (κ3) is 4.68. The summed E-state index contributed by atoms with van der Waals surface area (Å²) in [5.74, 6) is 0.262. The first-order valence-corrected chi connectivity index (χ1v) is 7.23. The van der Waals surface area contributed by atoms with Crippen molar-refractivity contribution in [2.24, 2.45) is 5.41 Å². The molecule has 1 aromatic rings. The van der Waals surface area contributed by atoms with Crippen LogP contribution in [0.5, 0.6) is 5.75 Å². The topological polar surface area (TPSA) is 52.5 Å². The Hall–Kier alpha value is -0.770. The van der Waals surface area contributed by atoms with Crippen molar-refractivity contribution in [2.75, 3.05) is 13.2 Å². The van der Waals surface area contributed by atoms with Crippen molar-refractivity contribution >= 4 is 11.6 Å². The fourth-order valence-electron chi connectivity index (χ4n) is 2.34. The van der Waals surface area contributed by atoms with Gasteiger partial charge in [0.15, 0.2) is 0 Å². The summed E-state index contributed by atoms with van der Waals surface area (Å²) in [5.41, 5.74) is 0.931. The number of halogens is 1. The lowest BCUT2D eigenvalue weighted by molar-refractivity contribution is 0.163. The van der Waals surface area contributed by atoms with Gasteiger partial charge >= 0.3 is 0 Å². The van der Waals surface area contributed by atoms with Gasteiger partial charge in [-0.25, -0.2) is 0 Å². The Balaban J connectivity index is 2.58. The third-order valence-electron chi connectivity index (χ3n) is 4.00. The van der Waals surface area contributed by atoms with E-state index in [1.807, 2.05) is 0 Å². The van der Waals surface area contributed by atoms with Gasteiger partial charge < -0.3 is 15.5 Å². The van der Waals surface area contributed by atoms with Crippen LogP contribution in [0.2, 0.25) is 5.02 Å². The van der Waals surface area contributed by atoms with E-state index >= 15 is 0 Å². The van der Waals surface area contributed by atoms with Crippen molar-refractivity contribution in [3.63, 3.8) is 0 Å². The summed E-state index contributed by atoms with van der Waals surface area (Å²) in [6.45, 7) is 5.92. The number of aliphatic hydroxyl groups is 1. The van der Waals surface area contributed by atoms with E-state index in [9.17, 15) is 10.2 Å². The van der Waals surface area contributed by atoms with Crippen molar-refractivity contribution in [3.8, 4) is 5.75 Å². The van der Waals surface area contributed by atoms with Crippen molar-refractivity contribution in [1.82, 2.24) is 5.32 Å². The van der Waals surface area contributed by atoms with Crippen LogP contribution in [-0.2, 0) is 6.54 Å². The Morgan fingerprint density at radius 2 is 1.95 bits per heavy atom. The van der Waals surface area contributed by atoms with Crippen molar-refractivity contribution in [2.45, 2.75) is 39.7 Å². The first-order valence-electron chi connectivity index (χ1n) is 6.86. The summed E-state index contributed by atoms with van der Waals surface area (Å²) in [7, 11) is 0. The average Bonchev–Trinajstić information content (AvgIpc) is 2.41. The molecule has 0 heterocycles. The molecule has 0 unspecified atom stereocenters. The molecule has 108 valence electrons. The molecular weight excluding hydrogens is 262 g/mol. The smallest absolute Gasteiger partial charge is 0.120 e. The third-order valence-corrected chi connectivity index (χ3v) is 4.23. The predicted octanol–water partition coefficient (Wildman–Crippen LogP) is 3.32. The highest BCUT2D eigenvalue weighted by Crippen LogP contribution is 2.29. The average molecular weight is 286 g/mol. The molecule has 0 spiro atoms. The molecule has 0 aliphatic rings. The number of aromatic hydroxyl groups is 1. The molecule has 0 fully saturated rings. The molecule has 1 aromatic carbocycles. The Kier molecular flexibility index (Phi) is 6.63. The van der Waals surface area contributed by atoms with E-state index in [1.165, 1.54) is 0 Å². The molecule has 0 amide bonds. The van der Waals surface area contributed by atoms with Crippen LogP contribution in [0.4, 0.5) is 0 Å². The zero-order valence-electron chi connectivity index (χ0n) is 11.7. The van der Waals surface area contributed by atoms with E-state index in [0.717, 1.165) is 31.4 Å². The molecule has 0 saturated heterocycles. The molecule has 1 rings (SSSR count). The van der Waals surface area contributed by atoms with Crippen molar-refractivity contribution < 1.29 is 10.2 Å². The molecule has 19 heavy (non-hydrogen) atoms. The van der Waals surface area contributed by atoms with Crippen LogP contribution >= 0.6 is 11.6 Å². The fraction of sp³-hybridized carbons (Fsp3) is 0.600. The number of phenolic OH excluding ortho intramolecular Hbond substituents is 1. The molecule has 0 atom stereocenters. The highest BCUT2D eigenvalue weighted by Gasteiger charge is 2.24. The molecule has 0 aliphatic heterocycles. The van der Waals surface area contributed by atoms with Gasteiger partial charge in [0.05, 0.1) is 0 Å². The molecule has 3 nitrogen and oxygen atoms in total. The first-order chi connectivity index (χ1) is 9.06. The molecular formula is C15H24ClNO2. The minimum Gasteiger partial charge on any atom is -0.508 e. The maximum absolute atomic E-state index is 9.74. The van der Waals surface area contributed by atoms with E-state index < -0.39 is 0 Å². The minimum absolute atomic E-state index is 0.128. The molecule has 3 N–H and O–H groups in total. The summed E-state index contributed by atoms with van der Waals surface area (Å²) in [6.07, 6.45) is 2.85. The summed E-state index contributed by atoms with van der Waals surface area (Å²) in [6, 6.07) is 5.06. The van der Waals surface area contributed by atoms with Gasteiger partial charge in [0.1, 0.15) is 5.75 Å². The summed E-state index contributed by atoms with van der Waals surface area (Å²) < 4.78 is 0. The Morgan fingerprint density at radius 1 is 1.26 bits per heavy atom. The normalized spacial score (nSPS) is 11.8. The van der Waals surface area contributed by atoms with E-state index in [2.05, 4.69) is 19.2 Å². The van der Waals surface area contributed by atoms with Crippen LogP contribution in [0, 0.1) is 5.41 Å². The number of hydrogen-bond acceptors (Lipinski definition) is 3. The van der Waals surface area contributed by atoms with E-state index in [4.69, 9.17) is 11.6 Å². The Morgan fingerprint density at radius 3 is 2.53 bits per heavy atom. The lowest BCUT2D eigenvalue weighted by atomic mass is 9.79. The number of phenols is 1. The van der Waals surface area contributed by atoms with Gasteiger partial charge in [-0.05, 0) is 42.9 Å². The molecule has 0 bridgehead atoms. The zero-order valence-corrected chi connectivity index (χ0v) is 12.5. The van der Waals surface area contributed by atoms with E-state index in [0.29, 0.717) is 11.6 Å². The summed E-state index contributed by atoms with van der Waals surface area (Å²) in [4.78, 5) is 0. The van der Waals surface area contributed by atoms with E-state index in [1.54, 1.807) is 18.2 Å². The molecule has 0 radical (unpaired) electrons. The number of aliphatic hydroxyl groups excluding tert-OH is 1. The monoisotopic (exact) mass is 285 g/mol. The second kappa shape index (κ2) is 7.73. The number of hydrogen-bond donors (Lipinski definition) is 3. The zero-order chi connectivity index (χ0) is 14.3. The lowest BCUT2D eigenvalue weighted by Crippen LogP contribution is -2.34. The van der Waals surface area contributed by atoms with Gasteiger partial charge in [-0.1, -0.05) is 25.4 Å². The Labute approximate surface area is 120 Å². The quantitative estimate of drug-likeness (QED) is 0.687. The SMILES string of the molecule is CCC(CC)(CCO)CNCc1cc(Cl)ccc1O. The van der Waals surface area contributed by atoms with Gasteiger partial charge in [-0.15, -0.1) is 0 Å². The van der Waals surface area contributed by atoms with Gasteiger partial charge in [-0.2, -0.15) is 0 Å². The summed E-state index contributed by atoms with van der Waals surface area (Å²) >= 11 is 5.92. The second-order valence-electron chi connectivity index (χ2n) is 5.06. The van der Waals surface area contributed by atoms with Crippen LogP contribution < -0.4 is 5.32 Å². The van der Waals surface area contributed by atoms with Crippen molar-refractivity contribution in [1.29, 1.82) is 0 Å². The van der Waals surface area contributed by atoms with Crippen molar-refractivity contribution in [3.05, 3.63) is 28.8 Å². The van der Waals surface area contributed by atoms with Crippen LogP contribution in [-0.4, -0.2) is 23.4 Å². The van der Waals surface area contributed by atoms with Gasteiger partial charge in [0, 0.05) is 30.3 Å². The highest BCUT2D eigenvalue weighted by molar-refractivity contribution is 6.30. The van der Waals surface area contributed by atoms with Crippen LogP contribution in [0.25, 0.3) is 0 Å². The maximum Gasteiger partial charge on any atom is 0.120 e. The largest absolute Gasteiger partial charge is 0.508 e. The van der Waals surface area contributed by atoms with Crippen LogP contribution in [0.3, 0.4) is 0 Å². The van der Waals surface area contributed by atoms with Crippen LogP contribution in [0.1, 0.15) is 38.7 Å². The minimum atomic E-state index is 0.128. The fourth-order valence-corrected chi connectivity index (χ4v) is 2.53. The van der Waals surface area contributed by atoms with Gasteiger partial charge in [0.2, 0.25) is 0 Å². The van der Waals surface area contributed by atoms with Gasteiger partial charge in [0.25, 0.3) is 0 Å². The summed E-state index contributed by atoms with van der Waals surface area (Å²) in [5, 5.41) is 22.9. The van der Waals surface area contributed by atoms with Crippen LogP contribution in [0.15, 0.2) is 18.2 Å². The lowest BCUT2D eigenvalue weighted by Gasteiger charge is -2.31. The molecule has 0 saturated carbocycles. The Bertz CT molecular complexity index is 392.